The summed E-state index contributed by atoms with van der Waals surface area (Å²) >= 11 is 6.17. The molecule has 0 fully saturated rings. The number of aliphatic hydroxyl groups is 1. The second-order valence-electron chi connectivity index (χ2n) is 6.56. The number of aromatic nitrogens is 2. The standard InChI is InChI=1S/C20H17ClF3N3O5/c1-31-19(30)15(9-28)26-18(29)14-8-27-7-11(21)6-13(17(27)25-14)12-4-2-3-5-16(12)32-10-20(22,23)24/h2-8,15,28H,9-10H2,1H3,(H,26,29)/t15-/m0/s1. The molecule has 170 valence electrons. The average Bonchev–Trinajstić information content (AvgIpc) is 3.18. The first-order chi connectivity index (χ1) is 15.1. The Bertz CT molecular complexity index is 1150. The van der Waals surface area contributed by atoms with Crippen molar-refractivity contribution in [1.29, 1.82) is 0 Å². The van der Waals surface area contributed by atoms with E-state index in [9.17, 15) is 27.9 Å². The molecule has 1 atom stereocenters. The second kappa shape index (κ2) is 9.45. The van der Waals surface area contributed by atoms with Crippen molar-refractivity contribution >= 4 is 29.1 Å². The van der Waals surface area contributed by atoms with Crippen molar-refractivity contribution in [2.24, 2.45) is 0 Å². The molecule has 12 heteroatoms. The van der Waals surface area contributed by atoms with Crippen molar-refractivity contribution in [3.8, 4) is 16.9 Å². The van der Waals surface area contributed by atoms with Crippen LogP contribution in [0.15, 0.2) is 42.7 Å². The van der Waals surface area contributed by atoms with E-state index in [2.05, 4.69) is 15.0 Å². The normalized spacial score (nSPS) is 12.4. The molecular weight excluding hydrogens is 455 g/mol. The molecule has 1 amide bonds. The van der Waals surface area contributed by atoms with Crippen molar-refractivity contribution in [3.05, 3.63) is 53.4 Å². The van der Waals surface area contributed by atoms with Gasteiger partial charge in [0.2, 0.25) is 0 Å². The molecule has 0 aliphatic heterocycles. The summed E-state index contributed by atoms with van der Waals surface area (Å²) in [5.74, 6) is -1.67. The molecule has 0 spiro atoms. The van der Waals surface area contributed by atoms with E-state index in [-0.39, 0.29) is 27.7 Å². The first kappa shape index (κ1) is 23.4. The van der Waals surface area contributed by atoms with Crippen LogP contribution in [0.25, 0.3) is 16.8 Å². The van der Waals surface area contributed by atoms with Crippen LogP contribution in [0, 0.1) is 0 Å². The molecule has 0 saturated carbocycles. The first-order valence-electron chi connectivity index (χ1n) is 9.09. The maximum atomic E-state index is 12.6. The molecule has 0 aliphatic rings. The summed E-state index contributed by atoms with van der Waals surface area (Å²) in [5.41, 5.74) is 0.691. The SMILES string of the molecule is COC(=O)[C@H](CO)NC(=O)c1cn2cc(Cl)cc(-c3ccccc3OCC(F)(F)F)c2n1. The maximum absolute atomic E-state index is 12.6. The number of para-hydroxylation sites is 1. The Kier molecular flexibility index (Phi) is 6.90. The van der Waals surface area contributed by atoms with Gasteiger partial charge in [-0.25, -0.2) is 9.78 Å². The Hall–Kier alpha value is -3.31. The summed E-state index contributed by atoms with van der Waals surface area (Å²) in [6.07, 6.45) is -1.75. The molecule has 0 bridgehead atoms. The van der Waals surface area contributed by atoms with Crippen LogP contribution < -0.4 is 10.1 Å². The minimum absolute atomic E-state index is 0.0472. The Morgan fingerprint density at radius 2 is 1.97 bits per heavy atom. The molecule has 8 nitrogen and oxygen atoms in total. The zero-order chi connectivity index (χ0) is 23.5. The highest BCUT2D eigenvalue weighted by Crippen LogP contribution is 2.35. The minimum Gasteiger partial charge on any atom is -0.483 e. The number of alkyl halides is 3. The Morgan fingerprint density at radius 3 is 2.62 bits per heavy atom. The number of nitrogens with zero attached hydrogens (tertiary/aromatic N) is 2. The number of fused-ring (bicyclic) bond motifs is 1. The number of hydrogen-bond acceptors (Lipinski definition) is 6. The van der Waals surface area contributed by atoms with Crippen LogP contribution in [-0.4, -0.2) is 58.9 Å². The zero-order valence-corrected chi connectivity index (χ0v) is 17.3. The van der Waals surface area contributed by atoms with Gasteiger partial charge in [0.1, 0.15) is 17.1 Å². The van der Waals surface area contributed by atoms with Crippen LogP contribution >= 0.6 is 11.6 Å². The van der Waals surface area contributed by atoms with Gasteiger partial charge in [-0.2, -0.15) is 13.2 Å². The van der Waals surface area contributed by atoms with Crippen molar-refractivity contribution in [2.75, 3.05) is 20.3 Å². The van der Waals surface area contributed by atoms with E-state index in [1.165, 1.54) is 41.1 Å². The van der Waals surface area contributed by atoms with Crippen molar-refractivity contribution in [3.63, 3.8) is 0 Å². The Labute approximate surface area is 184 Å². The van der Waals surface area contributed by atoms with Gasteiger partial charge in [0.05, 0.1) is 18.7 Å². The van der Waals surface area contributed by atoms with Gasteiger partial charge in [0.15, 0.2) is 12.6 Å². The highest BCUT2D eigenvalue weighted by molar-refractivity contribution is 6.31. The fourth-order valence-electron chi connectivity index (χ4n) is 2.90. The average molecular weight is 472 g/mol. The minimum atomic E-state index is -4.53. The van der Waals surface area contributed by atoms with E-state index < -0.39 is 37.3 Å². The summed E-state index contributed by atoms with van der Waals surface area (Å²) in [7, 11) is 1.11. The molecule has 2 heterocycles. The molecule has 32 heavy (non-hydrogen) atoms. The predicted octanol–water partition coefficient (Wildman–Crippen LogP) is 2.86. The number of aliphatic hydroxyl groups excluding tert-OH is 1. The number of methoxy groups -OCH3 is 1. The van der Waals surface area contributed by atoms with Gasteiger partial charge < -0.3 is 24.3 Å². The van der Waals surface area contributed by atoms with E-state index in [1.54, 1.807) is 6.07 Å². The van der Waals surface area contributed by atoms with Crippen LogP contribution in [0.4, 0.5) is 13.2 Å². The Morgan fingerprint density at radius 1 is 1.25 bits per heavy atom. The maximum Gasteiger partial charge on any atom is 0.422 e. The van der Waals surface area contributed by atoms with E-state index in [0.29, 0.717) is 5.56 Å². The number of hydrogen-bond donors (Lipinski definition) is 2. The summed E-state index contributed by atoms with van der Waals surface area (Å²) in [4.78, 5) is 28.4. The second-order valence-corrected chi connectivity index (χ2v) is 7.00. The number of benzene rings is 1. The summed E-state index contributed by atoms with van der Waals surface area (Å²) in [6.45, 7) is -2.17. The number of amides is 1. The number of carbonyl (C=O) groups is 2. The molecular formula is C20H17ClF3N3O5. The van der Waals surface area contributed by atoms with E-state index in [4.69, 9.17) is 16.3 Å². The highest BCUT2D eigenvalue weighted by Gasteiger charge is 2.29. The molecule has 0 aliphatic carbocycles. The zero-order valence-electron chi connectivity index (χ0n) is 16.5. The molecule has 0 saturated heterocycles. The van der Waals surface area contributed by atoms with Crippen LogP contribution in [0.5, 0.6) is 5.75 Å². The molecule has 1 aromatic carbocycles. The lowest BCUT2D eigenvalue weighted by atomic mass is 10.1. The molecule has 0 unspecified atom stereocenters. The number of nitrogens with one attached hydrogen (secondary N) is 1. The number of rotatable bonds is 7. The topological polar surface area (TPSA) is 102 Å². The van der Waals surface area contributed by atoms with E-state index in [0.717, 1.165) is 7.11 Å². The van der Waals surface area contributed by atoms with E-state index >= 15 is 0 Å². The molecule has 2 N–H and O–H groups in total. The molecule has 2 aromatic heterocycles. The lowest BCUT2D eigenvalue weighted by molar-refractivity contribution is -0.153. The summed E-state index contributed by atoms with van der Waals surface area (Å²) < 4.78 is 48.8. The van der Waals surface area contributed by atoms with Crippen LogP contribution in [0.1, 0.15) is 10.5 Å². The number of esters is 1. The van der Waals surface area contributed by atoms with Crippen LogP contribution in [0.2, 0.25) is 5.02 Å². The number of carbonyl (C=O) groups excluding carboxylic acids is 2. The molecule has 3 aromatic rings. The van der Waals surface area contributed by atoms with Crippen molar-refractivity contribution in [1.82, 2.24) is 14.7 Å². The number of ether oxygens (including phenoxy) is 2. The van der Waals surface area contributed by atoms with Gasteiger partial charge in [-0.1, -0.05) is 29.8 Å². The highest BCUT2D eigenvalue weighted by atomic mass is 35.5. The predicted molar refractivity (Wildman–Crippen MR) is 108 cm³/mol. The number of pyridine rings is 1. The van der Waals surface area contributed by atoms with Gasteiger partial charge in [-0.05, 0) is 12.1 Å². The quantitative estimate of drug-likeness (QED) is 0.514. The lowest BCUT2D eigenvalue weighted by Gasteiger charge is -2.14. The number of halogens is 4. The van der Waals surface area contributed by atoms with Gasteiger partial charge in [-0.3, -0.25) is 4.79 Å². The third-order valence-corrected chi connectivity index (χ3v) is 4.50. The largest absolute Gasteiger partial charge is 0.483 e. The van der Waals surface area contributed by atoms with Gasteiger partial charge in [0, 0.05) is 23.5 Å². The van der Waals surface area contributed by atoms with Gasteiger partial charge in [-0.15, -0.1) is 0 Å². The summed E-state index contributed by atoms with van der Waals surface area (Å²) in [5, 5.41) is 11.8. The van der Waals surface area contributed by atoms with Gasteiger partial charge in [0.25, 0.3) is 5.91 Å². The number of imidazole rings is 1. The van der Waals surface area contributed by atoms with Crippen molar-refractivity contribution in [2.45, 2.75) is 12.2 Å². The fraction of sp³-hybridized carbons (Fsp3) is 0.250. The van der Waals surface area contributed by atoms with E-state index in [1.807, 2.05) is 0 Å². The lowest BCUT2D eigenvalue weighted by Crippen LogP contribution is -2.44. The van der Waals surface area contributed by atoms with Crippen molar-refractivity contribution < 1.29 is 37.3 Å². The third-order valence-electron chi connectivity index (χ3n) is 4.29. The third kappa shape index (κ3) is 5.29. The molecule has 3 rings (SSSR count). The van der Waals surface area contributed by atoms with Crippen LogP contribution in [-0.2, 0) is 9.53 Å². The Balaban J connectivity index is 2.01. The van der Waals surface area contributed by atoms with Crippen LogP contribution in [0.3, 0.4) is 0 Å². The first-order valence-corrected chi connectivity index (χ1v) is 9.47. The monoisotopic (exact) mass is 471 g/mol. The fourth-order valence-corrected chi connectivity index (χ4v) is 3.11. The van der Waals surface area contributed by atoms with Gasteiger partial charge >= 0.3 is 12.1 Å². The summed E-state index contributed by atoms with van der Waals surface area (Å²) in [6, 6.07) is 6.21. The smallest absolute Gasteiger partial charge is 0.422 e. The molecule has 0 radical (unpaired) electrons.